The van der Waals surface area contributed by atoms with Gasteiger partial charge in [-0.1, -0.05) is 146 Å². The molecule has 5 aliphatic carbocycles. The molecule has 0 spiro atoms. The third-order valence-electron chi connectivity index (χ3n) is 22.0. The van der Waals surface area contributed by atoms with E-state index in [0.29, 0.717) is 5.92 Å². The zero-order valence-electron chi connectivity index (χ0n) is 60.6. The molecule has 502 valence electrons. The van der Waals surface area contributed by atoms with E-state index in [1.165, 1.54) is 57.8 Å². The highest BCUT2D eigenvalue weighted by atomic mass is 16.6. The van der Waals surface area contributed by atoms with E-state index >= 15 is 0 Å². The number of carbonyl (C=O) groups excluding carboxylic acids is 5. The number of ether oxygens (including phenoxy) is 5. The first-order valence-corrected chi connectivity index (χ1v) is 35.0. The molecule has 10 heteroatoms. The summed E-state index contributed by atoms with van der Waals surface area (Å²) in [5, 5.41) is 0. The average Bonchev–Trinajstić information content (AvgIpc) is 3.14. The third kappa shape index (κ3) is 22.0. The van der Waals surface area contributed by atoms with Crippen LogP contribution in [0.4, 0.5) is 0 Å². The van der Waals surface area contributed by atoms with Crippen LogP contribution in [-0.2, 0) is 53.3 Å². The third-order valence-corrected chi connectivity index (χ3v) is 22.0. The fourth-order valence-corrected chi connectivity index (χ4v) is 12.0. The van der Waals surface area contributed by atoms with Crippen molar-refractivity contribution in [2.45, 2.75) is 367 Å². The number of benzene rings is 1. The molecule has 0 aromatic heterocycles. The highest BCUT2D eigenvalue weighted by molar-refractivity contribution is 5.78. The molecule has 6 rings (SSSR count). The van der Waals surface area contributed by atoms with E-state index in [1.807, 2.05) is 128 Å². The van der Waals surface area contributed by atoms with E-state index in [1.54, 1.807) is 0 Å². The highest BCUT2D eigenvalue weighted by Crippen LogP contribution is 2.49. The molecule has 1 aromatic rings. The Morgan fingerprint density at radius 3 is 0.977 bits per heavy atom. The Morgan fingerprint density at radius 2 is 0.667 bits per heavy atom. The molecule has 0 unspecified atom stereocenters. The van der Waals surface area contributed by atoms with E-state index in [0.717, 1.165) is 128 Å². The normalized spacial score (nSPS) is 19.9. The summed E-state index contributed by atoms with van der Waals surface area (Å²) in [6.07, 6.45) is 31.2. The van der Waals surface area contributed by atoms with Gasteiger partial charge in [-0.15, -0.1) is 0 Å². The van der Waals surface area contributed by atoms with Crippen LogP contribution in [-0.4, -0.2) is 52.3 Å². The summed E-state index contributed by atoms with van der Waals surface area (Å²) in [6, 6.07) is 10.3. The fraction of sp³-hybridized carbons (Fsp3) is 0.831. The van der Waals surface area contributed by atoms with Crippen molar-refractivity contribution in [1.29, 1.82) is 0 Å². The van der Waals surface area contributed by atoms with Crippen molar-refractivity contribution in [1.82, 2.24) is 0 Å². The molecular weight excluding hydrogens is 1080 g/mol. The summed E-state index contributed by atoms with van der Waals surface area (Å²) in [7, 11) is 0. The van der Waals surface area contributed by atoms with E-state index in [9.17, 15) is 24.0 Å². The SMILES string of the molecule is C=CC1(OC(=O)C(C)(C)CC)CCCCC1.CCC(C)(C)C(=O)OC1(C(C)(C)C)CCCC1.CCC(C)(C)C(=O)OC1(C(C)(C)C)CCCCC1.CCC(C)(C)C(=O)OC1(C(C)C)CCCC1.CCC(C)(C)C(=O)OC1(c2ccccc2)CCCCC1. The Labute approximate surface area is 534 Å². The molecule has 5 aliphatic rings. The van der Waals surface area contributed by atoms with Crippen LogP contribution in [0.5, 0.6) is 0 Å². The summed E-state index contributed by atoms with van der Waals surface area (Å²) >= 11 is 0. The molecule has 0 amide bonds. The Bertz CT molecular complexity index is 2250. The molecule has 5 fully saturated rings. The van der Waals surface area contributed by atoms with Gasteiger partial charge in [0.2, 0.25) is 0 Å². The monoisotopic (exact) mass is 1220 g/mol. The zero-order chi connectivity index (χ0) is 66.6. The first-order valence-electron chi connectivity index (χ1n) is 35.0. The molecule has 0 N–H and O–H groups in total. The van der Waals surface area contributed by atoms with Gasteiger partial charge in [-0.05, 0) is 247 Å². The van der Waals surface area contributed by atoms with Crippen LogP contribution in [0.25, 0.3) is 0 Å². The van der Waals surface area contributed by atoms with Gasteiger partial charge in [0.15, 0.2) is 0 Å². The van der Waals surface area contributed by atoms with Crippen LogP contribution >= 0.6 is 0 Å². The van der Waals surface area contributed by atoms with Gasteiger partial charge in [0.25, 0.3) is 0 Å². The second-order valence-electron chi connectivity index (χ2n) is 32.6. The Balaban J connectivity index is 0.000000372. The molecule has 5 saturated carbocycles. The maximum absolute atomic E-state index is 12.5. The van der Waals surface area contributed by atoms with Crippen molar-refractivity contribution in [2.24, 2.45) is 43.8 Å². The lowest BCUT2D eigenvalue weighted by Crippen LogP contribution is -2.50. The molecule has 87 heavy (non-hydrogen) atoms. The van der Waals surface area contributed by atoms with Crippen molar-refractivity contribution < 1.29 is 47.7 Å². The molecule has 1 aromatic carbocycles. The lowest BCUT2D eigenvalue weighted by Gasteiger charge is -2.47. The molecule has 0 radical (unpaired) electrons. The predicted molar refractivity (Wildman–Crippen MR) is 360 cm³/mol. The number of hydrogen-bond acceptors (Lipinski definition) is 10. The molecule has 0 aliphatic heterocycles. The molecule has 0 heterocycles. The van der Waals surface area contributed by atoms with Crippen molar-refractivity contribution in [2.75, 3.05) is 0 Å². The predicted octanol–water partition coefficient (Wildman–Crippen LogP) is 21.7. The van der Waals surface area contributed by atoms with Gasteiger partial charge in [-0.2, -0.15) is 0 Å². The van der Waals surface area contributed by atoms with E-state index in [4.69, 9.17) is 23.7 Å². The van der Waals surface area contributed by atoms with Crippen LogP contribution in [0.1, 0.15) is 345 Å². The molecule has 0 bridgehead atoms. The largest absolute Gasteiger partial charge is 0.458 e. The van der Waals surface area contributed by atoms with Crippen LogP contribution in [0, 0.1) is 43.8 Å². The van der Waals surface area contributed by atoms with Gasteiger partial charge in [0.05, 0.1) is 27.1 Å². The van der Waals surface area contributed by atoms with Crippen LogP contribution in [0.15, 0.2) is 43.0 Å². The smallest absolute Gasteiger partial charge is 0.312 e. The van der Waals surface area contributed by atoms with Gasteiger partial charge in [-0.25, -0.2) is 0 Å². The standard InChI is InChI=1S/C18H26O2.C16H30O2.C15H28O2.C14H26O2.C14H24O2/c1-4-17(2,3)16(19)20-18(13-9-6-10-14-18)15-11-7-5-8-12-15;1-7-15(5,6)13(17)18-16(14(2,3)4)11-9-8-10-12-16;1-7-14(5,6)12(16)17-15(13(2,3)4)10-8-9-11-15;1-6-13(4,5)12(15)16-14(11(2)3)9-7-8-10-14;1-5-13(3,4)12(15)16-14(6-2)10-8-7-9-11-14/h5,7-8,11-12H,4,6,9-10,13-14H2,1-3H3;7-12H2,1-6H3;7-11H2,1-6H3;11H,6-10H2,1-5H3;6H,2,5,7-11H2,1,3-4H3. The van der Waals surface area contributed by atoms with Crippen molar-refractivity contribution in [3.63, 3.8) is 0 Å². The first-order chi connectivity index (χ1) is 40.1. The number of carbonyl (C=O) groups is 5. The van der Waals surface area contributed by atoms with Gasteiger partial charge in [0, 0.05) is 10.8 Å². The van der Waals surface area contributed by atoms with Crippen LogP contribution < -0.4 is 0 Å². The van der Waals surface area contributed by atoms with Gasteiger partial charge in [-0.3, -0.25) is 24.0 Å². The Hall–Kier alpha value is -3.69. The van der Waals surface area contributed by atoms with Gasteiger partial charge < -0.3 is 23.7 Å². The highest BCUT2D eigenvalue weighted by Gasteiger charge is 2.51. The molecule has 0 atom stereocenters. The quantitative estimate of drug-likeness (QED) is 0.0795. The lowest BCUT2D eigenvalue weighted by molar-refractivity contribution is -0.190. The van der Waals surface area contributed by atoms with E-state index < -0.39 is 11.0 Å². The fourth-order valence-electron chi connectivity index (χ4n) is 12.0. The first kappa shape index (κ1) is 79.4. The summed E-state index contributed by atoms with van der Waals surface area (Å²) < 4.78 is 29.7. The minimum absolute atomic E-state index is 0.0207. The average molecular weight is 1220 g/mol. The number of rotatable bonds is 18. The van der Waals surface area contributed by atoms with E-state index in [-0.39, 0.29) is 84.7 Å². The summed E-state index contributed by atoms with van der Waals surface area (Å²) in [5.74, 6) is 0.193. The number of hydrogen-bond donors (Lipinski definition) is 0. The molecular formula is C77H134O10. The van der Waals surface area contributed by atoms with Gasteiger partial charge >= 0.3 is 29.8 Å². The summed E-state index contributed by atoms with van der Waals surface area (Å²) in [5.41, 5.74) is -2.11. The van der Waals surface area contributed by atoms with Crippen molar-refractivity contribution in [3.05, 3.63) is 48.6 Å². The molecule has 10 nitrogen and oxygen atoms in total. The lowest BCUT2D eigenvalue weighted by atomic mass is 9.68. The zero-order valence-corrected chi connectivity index (χ0v) is 60.6. The summed E-state index contributed by atoms with van der Waals surface area (Å²) in [4.78, 5) is 61.4. The van der Waals surface area contributed by atoms with Crippen LogP contribution in [0.3, 0.4) is 0 Å². The van der Waals surface area contributed by atoms with Gasteiger partial charge in [0.1, 0.15) is 28.0 Å². The number of esters is 5. The second-order valence-corrected chi connectivity index (χ2v) is 32.6. The topological polar surface area (TPSA) is 132 Å². The van der Waals surface area contributed by atoms with E-state index in [2.05, 4.69) is 74.1 Å². The maximum Gasteiger partial charge on any atom is 0.312 e. The Kier molecular flexibility index (Phi) is 30.2. The molecule has 0 saturated heterocycles. The van der Waals surface area contributed by atoms with Crippen LogP contribution in [0.2, 0.25) is 0 Å². The van der Waals surface area contributed by atoms with Crippen molar-refractivity contribution >= 4 is 29.8 Å². The summed E-state index contributed by atoms with van der Waals surface area (Å²) in [6.45, 7) is 51.2. The second kappa shape index (κ2) is 33.1. The minimum Gasteiger partial charge on any atom is -0.458 e. The maximum atomic E-state index is 12.5. The Morgan fingerprint density at radius 1 is 0.391 bits per heavy atom. The minimum atomic E-state index is -0.404. The van der Waals surface area contributed by atoms with Crippen molar-refractivity contribution in [3.8, 4) is 0 Å².